The van der Waals surface area contributed by atoms with E-state index in [1.807, 2.05) is 65.3 Å². The van der Waals surface area contributed by atoms with Gasteiger partial charge in [-0.15, -0.1) is 5.10 Å². The summed E-state index contributed by atoms with van der Waals surface area (Å²) in [5.74, 6) is -0.190. The number of benzene rings is 2. The molecule has 0 bridgehead atoms. The molecule has 376 valence electrons. The Bertz CT molecular complexity index is 2110. The fourth-order valence-corrected chi connectivity index (χ4v) is 7.19. The molecule has 19 nitrogen and oxygen atoms in total. The van der Waals surface area contributed by atoms with Crippen LogP contribution in [0.4, 0.5) is 5.69 Å². The zero-order valence-corrected chi connectivity index (χ0v) is 39.9. The number of aromatic nitrogens is 4. The summed E-state index contributed by atoms with van der Waals surface area (Å²) in [7, 11) is 0. The van der Waals surface area contributed by atoms with E-state index < -0.39 is 0 Å². The zero-order chi connectivity index (χ0) is 48.6. The van der Waals surface area contributed by atoms with Crippen molar-refractivity contribution in [2.24, 2.45) is 0 Å². The monoisotopic (exact) mass is 960 g/mol. The van der Waals surface area contributed by atoms with E-state index in [-0.39, 0.29) is 49.5 Å². The van der Waals surface area contributed by atoms with Crippen LogP contribution in [0, 0.1) is 0 Å². The van der Waals surface area contributed by atoms with Crippen molar-refractivity contribution in [3.05, 3.63) is 84.2 Å². The molecule has 0 saturated heterocycles. The zero-order valence-electron chi connectivity index (χ0n) is 39.9. The van der Waals surface area contributed by atoms with Gasteiger partial charge in [-0.3, -0.25) is 24.2 Å². The van der Waals surface area contributed by atoms with Gasteiger partial charge in [-0.25, -0.2) is 4.68 Å². The molecule has 3 amide bonds. The van der Waals surface area contributed by atoms with Crippen LogP contribution < -0.4 is 15.5 Å². The second-order valence-electron chi connectivity index (χ2n) is 15.9. The average molecular weight is 960 g/mol. The molecule has 0 fully saturated rings. The molecule has 2 aromatic heterocycles. The Labute approximate surface area is 404 Å². The van der Waals surface area contributed by atoms with Crippen LogP contribution in [0.1, 0.15) is 50.2 Å². The van der Waals surface area contributed by atoms with Gasteiger partial charge in [-0.1, -0.05) is 47.7 Å². The summed E-state index contributed by atoms with van der Waals surface area (Å²) in [6.07, 6.45) is 6.23. The fraction of sp³-hybridized carbons (Fsp3) is 0.540. The topological polar surface area (TPSA) is 213 Å². The molecule has 0 unspecified atom stereocenters. The number of ether oxygens (including phenoxy) is 8. The van der Waals surface area contributed by atoms with Crippen molar-refractivity contribution in [1.82, 2.24) is 30.6 Å². The van der Waals surface area contributed by atoms with Crippen molar-refractivity contribution in [2.75, 3.05) is 124 Å². The third-order valence-corrected chi connectivity index (χ3v) is 10.7. The predicted molar refractivity (Wildman–Crippen MR) is 256 cm³/mol. The molecule has 1 aliphatic heterocycles. The molecule has 0 aliphatic carbocycles. The minimum Gasteiger partial charge on any atom is -0.379 e. The number of hydrogen-bond donors (Lipinski definition) is 2. The SMILES string of the molecule is CC(=O)NCCOCCOCCOCCOCCC(=O)NCCC(=O)N1Cc2ccccc2-c2c(nnn2CCOCCOCCOCCOCCCC(=O)CCc2ccncc2)-c2ccccc21. The van der Waals surface area contributed by atoms with E-state index in [9.17, 15) is 19.2 Å². The number of carbonyl (C=O) groups excluding carboxylic acids is 4. The highest BCUT2D eigenvalue weighted by Crippen LogP contribution is 2.41. The first-order chi connectivity index (χ1) is 33.9. The number of nitrogens with zero attached hydrogens (tertiary/aromatic N) is 5. The Balaban J connectivity index is 0.933. The van der Waals surface area contributed by atoms with Gasteiger partial charge in [0, 0.05) is 75.8 Å². The highest BCUT2D eigenvalue weighted by molar-refractivity contribution is 6.00. The lowest BCUT2D eigenvalue weighted by molar-refractivity contribution is -0.123. The summed E-state index contributed by atoms with van der Waals surface area (Å²) in [4.78, 5) is 55.2. The van der Waals surface area contributed by atoms with Gasteiger partial charge in [0.1, 0.15) is 11.5 Å². The molecule has 3 heterocycles. The minimum atomic E-state index is -0.206. The van der Waals surface area contributed by atoms with Crippen LogP contribution in [0.5, 0.6) is 0 Å². The summed E-state index contributed by atoms with van der Waals surface area (Å²) < 4.78 is 46.5. The molecule has 0 radical (unpaired) electrons. The third-order valence-electron chi connectivity index (χ3n) is 10.7. The average Bonchev–Trinajstić information content (AvgIpc) is 3.77. The maximum absolute atomic E-state index is 13.9. The van der Waals surface area contributed by atoms with E-state index in [1.54, 1.807) is 17.3 Å². The predicted octanol–water partition coefficient (Wildman–Crippen LogP) is 4.00. The first kappa shape index (κ1) is 54.4. The fourth-order valence-electron chi connectivity index (χ4n) is 7.19. The number of rotatable bonds is 37. The maximum atomic E-state index is 13.9. The molecule has 4 aromatic rings. The second-order valence-corrected chi connectivity index (χ2v) is 15.9. The molecule has 0 atom stereocenters. The number of amides is 3. The normalized spacial score (nSPS) is 11.9. The molecular formula is C50H69N7O12. The van der Waals surface area contributed by atoms with Crippen molar-refractivity contribution in [2.45, 2.75) is 58.5 Å². The van der Waals surface area contributed by atoms with Crippen molar-refractivity contribution in [1.29, 1.82) is 0 Å². The highest BCUT2D eigenvalue weighted by Gasteiger charge is 2.29. The lowest BCUT2D eigenvalue weighted by atomic mass is 9.95. The number of hydrogen-bond acceptors (Lipinski definition) is 15. The van der Waals surface area contributed by atoms with E-state index in [0.717, 1.165) is 34.4 Å². The van der Waals surface area contributed by atoms with Gasteiger partial charge in [0.2, 0.25) is 17.7 Å². The van der Waals surface area contributed by atoms with Gasteiger partial charge in [0.15, 0.2) is 0 Å². The molecule has 0 saturated carbocycles. The van der Waals surface area contributed by atoms with E-state index in [4.69, 9.17) is 37.9 Å². The lowest BCUT2D eigenvalue weighted by Crippen LogP contribution is -2.35. The van der Waals surface area contributed by atoms with Crippen LogP contribution in [-0.4, -0.2) is 162 Å². The molecule has 5 rings (SSSR count). The van der Waals surface area contributed by atoms with Crippen LogP contribution in [0.2, 0.25) is 0 Å². The number of aryl methyl sites for hydroxylation is 1. The van der Waals surface area contributed by atoms with Crippen LogP contribution in [0.25, 0.3) is 22.5 Å². The van der Waals surface area contributed by atoms with E-state index >= 15 is 0 Å². The van der Waals surface area contributed by atoms with Gasteiger partial charge in [-0.2, -0.15) is 0 Å². The standard InChI is InChI=1S/C50H69N7O12/c1-40(58)52-21-25-64-29-33-68-37-36-67-32-28-63-24-17-47(60)53-20-16-48(61)56-39-42-7-2-3-9-44(42)50-49(45-10-4-5-11-46(45)56)54-55-57(50)22-26-65-30-34-69-38-35-66-31-27-62-23-6-8-43(59)13-12-41-14-18-51-19-15-41/h2-5,7,9-11,14-15,18-19H,6,8,12-13,16-17,20-39H2,1H3,(H,52,58)(H,53,60). The minimum absolute atomic E-state index is 0.0870. The van der Waals surface area contributed by atoms with Crippen LogP contribution in [0.3, 0.4) is 0 Å². The number of carbonyl (C=O) groups is 4. The second kappa shape index (κ2) is 33.1. The smallest absolute Gasteiger partial charge is 0.229 e. The summed E-state index contributed by atoms with van der Waals surface area (Å²) in [5.41, 5.74) is 5.99. The summed E-state index contributed by atoms with van der Waals surface area (Å²) >= 11 is 0. The molecule has 2 N–H and O–H groups in total. The van der Waals surface area contributed by atoms with Crippen molar-refractivity contribution >= 4 is 29.2 Å². The summed E-state index contributed by atoms with van der Waals surface area (Å²) in [6, 6.07) is 19.5. The molecule has 1 aliphatic rings. The molecule has 19 heteroatoms. The van der Waals surface area contributed by atoms with Gasteiger partial charge in [-0.05, 0) is 42.2 Å². The largest absolute Gasteiger partial charge is 0.379 e. The van der Waals surface area contributed by atoms with Gasteiger partial charge < -0.3 is 53.4 Å². The molecule has 69 heavy (non-hydrogen) atoms. The lowest BCUT2D eigenvalue weighted by Gasteiger charge is -2.28. The van der Waals surface area contributed by atoms with Gasteiger partial charge in [0.25, 0.3) is 0 Å². The number of nitrogens with one attached hydrogen (secondary N) is 2. The Morgan fingerprint density at radius 2 is 1.16 bits per heavy atom. The quantitative estimate of drug-likeness (QED) is 0.0612. The van der Waals surface area contributed by atoms with E-state index in [1.165, 1.54) is 6.92 Å². The third kappa shape index (κ3) is 20.9. The Morgan fingerprint density at radius 3 is 1.83 bits per heavy atom. The highest BCUT2D eigenvalue weighted by atomic mass is 16.6. The summed E-state index contributed by atoms with van der Waals surface area (Å²) in [6.45, 7) is 9.50. The number of ketones is 1. The Kier molecular flexibility index (Phi) is 26.1. The van der Waals surface area contributed by atoms with Crippen LogP contribution in [-0.2, 0) is 76.6 Å². The first-order valence-corrected chi connectivity index (χ1v) is 23.9. The van der Waals surface area contributed by atoms with Crippen LogP contribution >= 0.6 is 0 Å². The number of Topliss-reactive ketones (excluding diaryl/α,β-unsaturated/α-hetero) is 1. The Morgan fingerprint density at radius 1 is 0.580 bits per heavy atom. The first-order valence-electron chi connectivity index (χ1n) is 23.9. The Hall–Kier alpha value is -5.51. The number of fused-ring (bicyclic) bond motifs is 5. The molecule has 2 aromatic carbocycles. The van der Waals surface area contributed by atoms with Crippen molar-refractivity contribution in [3.63, 3.8) is 0 Å². The number of pyridine rings is 1. The van der Waals surface area contributed by atoms with E-state index in [0.29, 0.717) is 149 Å². The van der Waals surface area contributed by atoms with Crippen molar-refractivity contribution < 1.29 is 57.1 Å². The van der Waals surface area contributed by atoms with Gasteiger partial charge in [0.05, 0.1) is 124 Å². The van der Waals surface area contributed by atoms with Crippen molar-refractivity contribution in [3.8, 4) is 22.5 Å². The maximum Gasteiger partial charge on any atom is 0.229 e. The van der Waals surface area contributed by atoms with Crippen LogP contribution in [0.15, 0.2) is 73.1 Å². The van der Waals surface area contributed by atoms with Gasteiger partial charge >= 0.3 is 0 Å². The van der Waals surface area contributed by atoms with E-state index in [2.05, 4.69) is 25.9 Å². The number of anilines is 1. The molecular weight excluding hydrogens is 891 g/mol. The number of para-hydroxylation sites is 1. The summed E-state index contributed by atoms with van der Waals surface area (Å²) in [5, 5.41) is 14.7. The molecule has 0 spiro atoms.